The topological polar surface area (TPSA) is 54.1 Å². The van der Waals surface area contributed by atoms with E-state index in [-0.39, 0.29) is 6.10 Å². The molecule has 0 spiro atoms. The van der Waals surface area contributed by atoms with E-state index in [2.05, 4.69) is 72.7 Å². The molecule has 0 aliphatic heterocycles. The molecular formula is C33H36N4O2. The van der Waals surface area contributed by atoms with Crippen molar-refractivity contribution in [3.63, 3.8) is 0 Å². The third-order valence-electron chi connectivity index (χ3n) is 6.54. The lowest BCUT2D eigenvalue weighted by Gasteiger charge is -2.13. The number of hydrogen-bond donors (Lipinski definition) is 0. The van der Waals surface area contributed by atoms with Crippen LogP contribution in [0, 0.1) is 13.8 Å². The quantitative estimate of drug-likeness (QED) is 0.194. The van der Waals surface area contributed by atoms with E-state index < -0.39 is 0 Å². The summed E-state index contributed by atoms with van der Waals surface area (Å²) in [6.45, 7) is 9.32. The van der Waals surface area contributed by atoms with Gasteiger partial charge in [-0.1, -0.05) is 72.8 Å². The Morgan fingerprint density at radius 2 is 1.46 bits per heavy atom. The summed E-state index contributed by atoms with van der Waals surface area (Å²) in [6, 6.07) is 31.3. The van der Waals surface area contributed by atoms with Gasteiger partial charge in [-0.15, -0.1) is 0 Å². The number of rotatable bonds is 11. The largest absolute Gasteiger partial charge is 0.477 e. The van der Waals surface area contributed by atoms with E-state index in [0.717, 1.165) is 47.2 Å². The smallest absolute Gasteiger partial charge is 0.220 e. The van der Waals surface area contributed by atoms with Crippen molar-refractivity contribution in [2.24, 2.45) is 0 Å². The Kier molecular flexibility index (Phi) is 8.11. The van der Waals surface area contributed by atoms with E-state index >= 15 is 0 Å². The molecule has 2 heterocycles. The SMILES string of the molecule is Cc1cc(OC(C)C)n(Cc2cccc(CCOc3c(Cc4ccccc4)c(C)nn3-c3ccccc3)c2)n1. The van der Waals surface area contributed by atoms with Gasteiger partial charge < -0.3 is 9.47 Å². The predicted molar refractivity (Wildman–Crippen MR) is 155 cm³/mol. The van der Waals surface area contributed by atoms with Crippen molar-refractivity contribution >= 4 is 0 Å². The Hall–Kier alpha value is -4.32. The molecule has 0 N–H and O–H groups in total. The minimum atomic E-state index is 0.100. The highest BCUT2D eigenvalue weighted by Gasteiger charge is 2.18. The number of benzene rings is 3. The van der Waals surface area contributed by atoms with Crippen molar-refractivity contribution in [2.75, 3.05) is 6.61 Å². The van der Waals surface area contributed by atoms with E-state index in [0.29, 0.717) is 13.2 Å². The van der Waals surface area contributed by atoms with Gasteiger partial charge in [0.1, 0.15) is 0 Å². The molecule has 0 bridgehead atoms. The lowest BCUT2D eigenvalue weighted by Crippen LogP contribution is -2.12. The second kappa shape index (κ2) is 12.0. The fraction of sp³-hybridized carbons (Fsp3) is 0.273. The highest BCUT2D eigenvalue weighted by molar-refractivity contribution is 5.43. The fourth-order valence-corrected chi connectivity index (χ4v) is 4.73. The van der Waals surface area contributed by atoms with Gasteiger partial charge in [0.05, 0.1) is 36.3 Å². The first kappa shape index (κ1) is 26.3. The van der Waals surface area contributed by atoms with Crippen LogP contribution < -0.4 is 9.47 Å². The molecule has 0 atom stereocenters. The minimum absolute atomic E-state index is 0.100. The Morgan fingerprint density at radius 3 is 2.21 bits per heavy atom. The number of aromatic nitrogens is 4. The van der Waals surface area contributed by atoms with Crippen molar-refractivity contribution in [1.82, 2.24) is 19.6 Å². The van der Waals surface area contributed by atoms with Gasteiger partial charge in [0.2, 0.25) is 11.8 Å². The van der Waals surface area contributed by atoms with E-state index in [1.54, 1.807) is 0 Å². The summed E-state index contributed by atoms with van der Waals surface area (Å²) in [5, 5.41) is 9.50. The molecule has 0 saturated heterocycles. The first-order chi connectivity index (χ1) is 19.0. The Bertz CT molecular complexity index is 1500. The first-order valence-corrected chi connectivity index (χ1v) is 13.6. The van der Waals surface area contributed by atoms with E-state index in [9.17, 15) is 0 Å². The van der Waals surface area contributed by atoms with Crippen LogP contribution in [0.3, 0.4) is 0 Å². The zero-order valence-electron chi connectivity index (χ0n) is 23.2. The van der Waals surface area contributed by atoms with E-state index in [1.807, 2.05) is 60.5 Å². The second-order valence-electron chi connectivity index (χ2n) is 10.1. The molecule has 5 aromatic rings. The summed E-state index contributed by atoms with van der Waals surface area (Å²) in [6.07, 6.45) is 1.66. The van der Waals surface area contributed by atoms with Crippen LogP contribution in [-0.2, 0) is 19.4 Å². The van der Waals surface area contributed by atoms with E-state index in [1.165, 1.54) is 16.7 Å². The number of aryl methyl sites for hydroxylation is 2. The van der Waals surface area contributed by atoms with E-state index in [4.69, 9.17) is 14.6 Å². The number of nitrogens with zero attached hydrogens (tertiary/aromatic N) is 4. The average molecular weight is 521 g/mol. The molecule has 39 heavy (non-hydrogen) atoms. The molecule has 0 radical (unpaired) electrons. The molecule has 200 valence electrons. The van der Waals surface area contributed by atoms with Crippen LogP contribution in [0.25, 0.3) is 5.69 Å². The van der Waals surface area contributed by atoms with Gasteiger partial charge in [0.25, 0.3) is 0 Å². The molecule has 0 amide bonds. The molecule has 0 aliphatic carbocycles. The highest BCUT2D eigenvalue weighted by Crippen LogP contribution is 2.29. The predicted octanol–water partition coefficient (Wildman–Crippen LogP) is 6.73. The lowest BCUT2D eigenvalue weighted by atomic mass is 10.1. The number of hydrogen-bond acceptors (Lipinski definition) is 4. The van der Waals surface area contributed by atoms with Crippen molar-refractivity contribution in [1.29, 1.82) is 0 Å². The van der Waals surface area contributed by atoms with Gasteiger partial charge in [0.15, 0.2) is 0 Å². The van der Waals surface area contributed by atoms with Gasteiger partial charge in [-0.3, -0.25) is 0 Å². The van der Waals surface area contributed by atoms with Crippen molar-refractivity contribution in [3.8, 4) is 17.4 Å². The molecule has 2 aromatic heterocycles. The van der Waals surface area contributed by atoms with Crippen molar-refractivity contribution in [3.05, 3.63) is 125 Å². The summed E-state index contributed by atoms with van der Waals surface area (Å²) in [5.41, 5.74) is 7.67. The first-order valence-electron chi connectivity index (χ1n) is 13.6. The zero-order valence-corrected chi connectivity index (χ0v) is 23.2. The molecule has 0 saturated carbocycles. The average Bonchev–Trinajstić information content (AvgIpc) is 3.43. The molecule has 0 unspecified atom stereocenters. The van der Waals surface area contributed by atoms with Gasteiger partial charge >= 0.3 is 0 Å². The second-order valence-corrected chi connectivity index (χ2v) is 10.1. The highest BCUT2D eigenvalue weighted by atomic mass is 16.5. The maximum absolute atomic E-state index is 6.51. The van der Waals surface area contributed by atoms with Crippen LogP contribution in [-0.4, -0.2) is 32.3 Å². The third kappa shape index (κ3) is 6.58. The molecule has 6 nitrogen and oxygen atoms in total. The molecule has 6 heteroatoms. The Morgan fingerprint density at radius 1 is 0.769 bits per heavy atom. The summed E-state index contributed by atoms with van der Waals surface area (Å²) in [5.74, 6) is 1.60. The van der Waals surface area contributed by atoms with Crippen molar-refractivity contribution < 1.29 is 9.47 Å². The van der Waals surface area contributed by atoms with Gasteiger partial charge in [0, 0.05) is 24.5 Å². The maximum Gasteiger partial charge on any atom is 0.220 e. The molecular weight excluding hydrogens is 484 g/mol. The number of ether oxygens (including phenoxy) is 2. The summed E-state index contributed by atoms with van der Waals surface area (Å²) in [7, 11) is 0. The third-order valence-corrected chi connectivity index (χ3v) is 6.54. The van der Waals surface area contributed by atoms with Crippen LogP contribution in [0.5, 0.6) is 11.8 Å². The zero-order chi connectivity index (χ0) is 27.2. The Labute approximate surface area is 230 Å². The van der Waals surface area contributed by atoms with Crippen LogP contribution in [0.1, 0.15) is 47.5 Å². The summed E-state index contributed by atoms with van der Waals surface area (Å²) < 4.78 is 16.3. The van der Waals surface area contributed by atoms with Crippen LogP contribution in [0.2, 0.25) is 0 Å². The fourth-order valence-electron chi connectivity index (χ4n) is 4.73. The minimum Gasteiger partial charge on any atom is -0.477 e. The van der Waals surface area contributed by atoms with Gasteiger partial charge in [-0.25, -0.2) is 9.36 Å². The van der Waals surface area contributed by atoms with Crippen molar-refractivity contribution in [2.45, 2.75) is 53.2 Å². The van der Waals surface area contributed by atoms with Crippen LogP contribution in [0.15, 0.2) is 91.0 Å². The summed E-state index contributed by atoms with van der Waals surface area (Å²) in [4.78, 5) is 0. The van der Waals surface area contributed by atoms with Crippen LogP contribution >= 0.6 is 0 Å². The molecule has 5 rings (SSSR count). The normalized spacial score (nSPS) is 11.2. The van der Waals surface area contributed by atoms with Gasteiger partial charge in [-0.2, -0.15) is 10.2 Å². The van der Waals surface area contributed by atoms with Gasteiger partial charge in [-0.05, 0) is 56.5 Å². The maximum atomic E-state index is 6.51. The molecule has 3 aromatic carbocycles. The monoisotopic (exact) mass is 520 g/mol. The number of para-hydroxylation sites is 1. The molecule has 0 aliphatic rings. The summed E-state index contributed by atoms with van der Waals surface area (Å²) >= 11 is 0. The standard InChI is InChI=1S/C33H36N4O2/c1-24(2)39-32-20-25(3)34-36(32)23-29-15-11-14-28(21-29)18-19-38-33-31(22-27-12-7-5-8-13-27)26(4)35-37(33)30-16-9-6-10-17-30/h5-17,20-21,24H,18-19,22-23H2,1-4H3. The molecule has 0 fully saturated rings. The lowest BCUT2D eigenvalue weighted by molar-refractivity contribution is 0.219. The Balaban J connectivity index is 1.33. The van der Waals surface area contributed by atoms with Crippen LogP contribution in [0.4, 0.5) is 0 Å².